The lowest BCUT2D eigenvalue weighted by Gasteiger charge is -2.22. The predicted octanol–water partition coefficient (Wildman–Crippen LogP) is 4.22. The van der Waals surface area contributed by atoms with Crippen LogP contribution in [0.3, 0.4) is 0 Å². The van der Waals surface area contributed by atoms with E-state index in [4.69, 9.17) is 0 Å². The average molecular weight is 542 g/mol. The molecule has 1 amide bonds. The summed E-state index contributed by atoms with van der Waals surface area (Å²) in [6, 6.07) is 8.96. The number of amides is 1. The number of rotatable bonds is 8. The highest BCUT2D eigenvalue weighted by molar-refractivity contribution is 14.0. The van der Waals surface area contributed by atoms with Crippen molar-refractivity contribution in [2.24, 2.45) is 10.9 Å². The van der Waals surface area contributed by atoms with Crippen molar-refractivity contribution < 1.29 is 4.79 Å². The van der Waals surface area contributed by atoms with Crippen LogP contribution in [0.1, 0.15) is 70.4 Å². The molecule has 1 aliphatic heterocycles. The van der Waals surface area contributed by atoms with E-state index in [1.807, 2.05) is 0 Å². The van der Waals surface area contributed by atoms with Crippen molar-refractivity contribution in [3.8, 4) is 0 Å². The summed E-state index contributed by atoms with van der Waals surface area (Å²) in [5, 5.41) is 9.90. The van der Waals surface area contributed by atoms with Crippen molar-refractivity contribution in [3.63, 3.8) is 0 Å². The van der Waals surface area contributed by atoms with E-state index < -0.39 is 0 Å². The molecule has 1 aliphatic carbocycles. The van der Waals surface area contributed by atoms with Crippen LogP contribution in [0.2, 0.25) is 0 Å². The molecule has 0 spiro atoms. The number of hydrogen-bond donors (Lipinski definition) is 3. The molecule has 174 valence electrons. The van der Waals surface area contributed by atoms with Gasteiger partial charge in [-0.2, -0.15) is 0 Å². The molecule has 1 saturated carbocycles. The predicted molar refractivity (Wildman–Crippen MR) is 140 cm³/mol. The summed E-state index contributed by atoms with van der Waals surface area (Å²) in [5.41, 5.74) is 2.57. The van der Waals surface area contributed by atoms with Crippen LogP contribution in [-0.2, 0) is 4.79 Å². The molecule has 6 nitrogen and oxygen atoms in total. The zero-order chi connectivity index (χ0) is 21.2. The standard InChI is InChI=1S/C24H39N5O.HI/c1-3-25-24(27-15-14-26-23(30)20-10-5-4-6-11-20)28-19(2)21-12-9-13-22(18-21)29-16-7-8-17-29;/h9,12-13,18-20H,3-8,10-11,14-17H2,1-2H3,(H,26,30)(H2,25,27,28);1H. The Hall–Kier alpha value is -1.51. The van der Waals surface area contributed by atoms with E-state index in [0.29, 0.717) is 13.1 Å². The van der Waals surface area contributed by atoms with Gasteiger partial charge in [-0.15, -0.1) is 24.0 Å². The van der Waals surface area contributed by atoms with E-state index in [2.05, 4.69) is 64.0 Å². The van der Waals surface area contributed by atoms with E-state index in [9.17, 15) is 4.79 Å². The van der Waals surface area contributed by atoms with Crippen LogP contribution in [0.25, 0.3) is 0 Å². The number of carbonyl (C=O) groups is 1. The Balaban J connectivity index is 0.00000341. The van der Waals surface area contributed by atoms with Crippen LogP contribution in [0.5, 0.6) is 0 Å². The fraction of sp³-hybridized carbons (Fsp3) is 0.667. The van der Waals surface area contributed by atoms with Crippen molar-refractivity contribution in [1.82, 2.24) is 16.0 Å². The summed E-state index contributed by atoms with van der Waals surface area (Å²) < 4.78 is 0. The van der Waals surface area contributed by atoms with E-state index in [1.54, 1.807) is 0 Å². The van der Waals surface area contributed by atoms with Gasteiger partial charge in [-0.1, -0.05) is 31.4 Å². The molecular weight excluding hydrogens is 501 g/mol. The second-order valence-corrected chi connectivity index (χ2v) is 8.54. The monoisotopic (exact) mass is 541 g/mol. The molecule has 1 heterocycles. The van der Waals surface area contributed by atoms with Gasteiger partial charge in [0.2, 0.25) is 5.91 Å². The average Bonchev–Trinajstić information content (AvgIpc) is 3.32. The topological polar surface area (TPSA) is 68.8 Å². The van der Waals surface area contributed by atoms with Gasteiger partial charge in [0.15, 0.2) is 5.96 Å². The van der Waals surface area contributed by atoms with Crippen LogP contribution >= 0.6 is 24.0 Å². The van der Waals surface area contributed by atoms with Gasteiger partial charge in [-0.25, -0.2) is 0 Å². The van der Waals surface area contributed by atoms with Gasteiger partial charge in [0.25, 0.3) is 0 Å². The number of nitrogens with one attached hydrogen (secondary N) is 3. The number of aliphatic imine (C=N–C) groups is 1. The Kier molecular flexibility index (Phi) is 11.5. The van der Waals surface area contributed by atoms with Crippen molar-refractivity contribution in [1.29, 1.82) is 0 Å². The molecule has 7 heteroatoms. The maximum absolute atomic E-state index is 12.3. The van der Waals surface area contributed by atoms with Crippen LogP contribution in [-0.4, -0.2) is 44.6 Å². The van der Waals surface area contributed by atoms with Crippen molar-refractivity contribution in [3.05, 3.63) is 29.8 Å². The van der Waals surface area contributed by atoms with Gasteiger partial charge in [0.1, 0.15) is 0 Å². The van der Waals surface area contributed by atoms with Crippen molar-refractivity contribution in [2.75, 3.05) is 37.6 Å². The van der Waals surface area contributed by atoms with Gasteiger partial charge < -0.3 is 20.9 Å². The Morgan fingerprint density at radius 2 is 1.87 bits per heavy atom. The molecule has 0 aromatic heterocycles. The Bertz CT molecular complexity index is 699. The summed E-state index contributed by atoms with van der Waals surface area (Å²) in [6.07, 6.45) is 8.27. The highest BCUT2D eigenvalue weighted by Crippen LogP contribution is 2.24. The molecule has 1 saturated heterocycles. The molecule has 1 unspecified atom stereocenters. The zero-order valence-corrected chi connectivity index (χ0v) is 21.5. The fourth-order valence-electron chi connectivity index (χ4n) is 4.43. The minimum Gasteiger partial charge on any atom is -0.372 e. The van der Waals surface area contributed by atoms with Crippen LogP contribution in [0.15, 0.2) is 29.3 Å². The fourth-order valence-corrected chi connectivity index (χ4v) is 4.43. The summed E-state index contributed by atoms with van der Waals surface area (Å²) in [4.78, 5) is 19.4. The zero-order valence-electron chi connectivity index (χ0n) is 19.2. The lowest BCUT2D eigenvalue weighted by molar-refractivity contribution is -0.125. The first-order chi connectivity index (χ1) is 14.7. The maximum Gasteiger partial charge on any atom is 0.223 e. The van der Waals surface area contributed by atoms with Gasteiger partial charge in [0.05, 0.1) is 12.6 Å². The third-order valence-corrected chi connectivity index (χ3v) is 6.20. The lowest BCUT2D eigenvalue weighted by atomic mass is 9.89. The van der Waals surface area contributed by atoms with Gasteiger partial charge >= 0.3 is 0 Å². The molecule has 0 radical (unpaired) electrons. The number of benzene rings is 1. The molecule has 1 aromatic carbocycles. The Morgan fingerprint density at radius 1 is 1.13 bits per heavy atom. The third kappa shape index (κ3) is 8.16. The quantitative estimate of drug-likeness (QED) is 0.200. The van der Waals surface area contributed by atoms with Gasteiger partial charge in [-0.3, -0.25) is 9.79 Å². The first kappa shape index (κ1) is 25.7. The molecule has 1 aromatic rings. The van der Waals surface area contributed by atoms with Gasteiger partial charge in [0, 0.05) is 37.8 Å². The first-order valence-electron chi connectivity index (χ1n) is 11.8. The van der Waals surface area contributed by atoms with Crippen molar-refractivity contribution in [2.45, 2.75) is 64.8 Å². The molecule has 2 fully saturated rings. The summed E-state index contributed by atoms with van der Waals surface area (Å²) in [6.45, 7) is 8.52. The summed E-state index contributed by atoms with van der Waals surface area (Å²) in [5.74, 6) is 1.20. The number of guanidine groups is 1. The third-order valence-electron chi connectivity index (χ3n) is 6.20. The highest BCUT2D eigenvalue weighted by Gasteiger charge is 2.20. The second-order valence-electron chi connectivity index (χ2n) is 8.54. The SMILES string of the molecule is CCNC(=NCCNC(=O)C1CCCCC1)NC(C)c1cccc(N2CCCC2)c1.I. The molecule has 3 N–H and O–H groups in total. The number of halogens is 1. The largest absolute Gasteiger partial charge is 0.372 e. The molecule has 2 aliphatic rings. The van der Waals surface area contributed by atoms with Gasteiger partial charge in [-0.05, 0) is 57.2 Å². The highest BCUT2D eigenvalue weighted by atomic mass is 127. The second kappa shape index (κ2) is 13.8. The number of carbonyl (C=O) groups excluding carboxylic acids is 1. The van der Waals surface area contributed by atoms with E-state index in [-0.39, 0.29) is 41.8 Å². The van der Waals surface area contributed by atoms with E-state index in [0.717, 1.165) is 38.4 Å². The minimum absolute atomic E-state index is 0. The van der Waals surface area contributed by atoms with Crippen LogP contribution in [0.4, 0.5) is 5.69 Å². The number of anilines is 1. The summed E-state index contributed by atoms with van der Waals surface area (Å²) >= 11 is 0. The Labute approximate surface area is 205 Å². The van der Waals surface area contributed by atoms with E-state index in [1.165, 1.54) is 43.4 Å². The minimum atomic E-state index is 0. The molecule has 0 bridgehead atoms. The number of nitrogens with zero attached hydrogens (tertiary/aromatic N) is 2. The summed E-state index contributed by atoms with van der Waals surface area (Å²) in [7, 11) is 0. The normalized spacial score (nSPS) is 18.3. The lowest BCUT2D eigenvalue weighted by Crippen LogP contribution is -2.39. The first-order valence-corrected chi connectivity index (χ1v) is 11.8. The Morgan fingerprint density at radius 3 is 2.58 bits per heavy atom. The van der Waals surface area contributed by atoms with E-state index >= 15 is 0 Å². The van der Waals surface area contributed by atoms with Crippen LogP contribution < -0.4 is 20.9 Å². The molecule has 3 rings (SSSR count). The van der Waals surface area contributed by atoms with Crippen LogP contribution in [0, 0.1) is 5.92 Å². The maximum atomic E-state index is 12.3. The number of hydrogen-bond acceptors (Lipinski definition) is 3. The van der Waals surface area contributed by atoms with Crippen molar-refractivity contribution >= 4 is 41.5 Å². The molecular formula is C24H40IN5O. The molecule has 1 atom stereocenters. The smallest absolute Gasteiger partial charge is 0.223 e. The molecule has 31 heavy (non-hydrogen) atoms.